The Bertz CT molecular complexity index is 600. The van der Waals surface area contributed by atoms with Gasteiger partial charge in [-0.3, -0.25) is 14.9 Å². The van der Waals surface area contributed by atoms with Crippen LogP contribution in [0.5, 0.6) is 0 Å². The molecule has 1 N–H and O–H groups in total. The summed E-state index contributed by atoms with van der Waals surface area (Å²) in [7, 11) is 0. The average Bonchev–Trinajstić information content (AvgIpc) is 2.73. The number of imide groups is 1. The lowest BCUT2D eigenvalue weighted by molar-refractivity contribution is -0.284. The van der Waals surface area contributed by atoms with Gasteiger partial charge in [-0.05, 0) is 17.7 Å². The first-order valence-corrected chi connectivity index (χ1v) is 6.43. The molecule has 1 heterocycles. The number of amides is 2. The van der Waals surface area contributed by atoms with E-state index in [-0.39, 0.29) is 23.3 Å². The number of carbonyl (C=O) groups is 3. The molecule has 1 fully saturated rings. The molecule has 0 spiro atoms. The maximum atomic E-state index is 12.2. The predicted molar refractivity (Wildman–Crippen MR) is 68.6 cm³/mol. The summed E-state index contributed by atoms with van der Waals surface area (Å²) in [5.74, 6) is -0.403. The van der Waals surface area contributed by atoms with E-state index in [9.17, 15) is 32.7 Å². The molecule has 1 aliphatic heterocycles. The molecule has 2 amide bonds. The first-order valence-electron chi connectivity index (χ1n) is 6.43. The predicted octanol–water partition coefficient (Wildman–Crippen LogP) is 1.23. The van der Waals surface area contributed by atoms with Crippen LogP contribution in [0.3, 0.4) is 0 Å². The second-order valence-electron chi connectivity index (χ2n) is 4.75. The van der Waals surface area contributed by atoms with Crippen LogP contribution in [0.2, 0.25) is 0 Å². The van der Waals surface area contributed by atoms with E-state index in [0.717, 1.165) is 12.1 Å². The zero-order valence-corrected chi connectivity index (χ0v) is 12.0. The van der Waals surface area contributed by atoms with Gasteiger partial charge in [-0.25, -0.2) is 0 Å². The van der Waals surface area contributed by atoms with Crippen molar-refractivity contribution >= 4 is 18.0 Å². The highest BCUT2D eigenvalue weighted by Crippen LogP contribution is 2.29. The zero-order chi connectivity index (χ0) is 17.6. The molecule has 0 radical (unpaired) electrons. The van der Waals surface area contributed by atoms with Crippen LogP contribution in [0.4, 0.5) is 18.0 Å². The second-order valence-corrected chi connectivity index (χ2v) is 4.75. The first-order chi connectivity index (χ1) is 10.6. The topological polar surface area (TPSA) is 95.5 Å². The number of nitrogens with one attached hydrogen (secondary N) is 1. The number of hydrogen-bond donors (Lipinski definition) is 1. The van der Waals surface area contributed by atoms with Gasteiger partial charge in [0.05, 0.1) is 12.2 Å². The van der Waals surface area contributed by atoms with E-state index in [1.54, 1.807) is 6.92 Å². The summed E-state index contributed by atoms with van der Waals surface area (Å²) in [5, 5.41) is 12.1. The summed E-state index contributed by atoms with van der Waals surface area (Å²) < 4.78 is 40.6. The Balaban J connectivity index is 0.000000277. The van der Waals surface area contributed by atoms with E-state index in [1.807, 2.05) is 0 Å². The Morgan fingerprint density at radius 1 is 1.39 bits per heavy atom. The molecule has 1 atom stereocenters. The fourth-order valence-corrected chi connectivity index (χ4v) is 1.66. The molecule has 1 unspecified atom stereocenters. The summed E-state index contributed by atoms with van der Waals surface area (Å²) in [4.78, 5) is 30.7. The van der Waals surface area contributed by atoms with Gasteiger partial charge in [0, 0.05) is 12.3 Å². The van der Waals surface area contributed by atoms with Crippen molar-refractivity contribution in [2.45, 2.75) is 26.1 Å². The van der Waals surface area contributed by atoms with Crippen molar-refractivity contribution in [1.29, 1.82) is 0 Å². The number of hydrogen-bond acceptors (Lipinski definition) is 5. The van der Waals surface area contributed by atoms with Crippen LogP contribution < -0.4 is 10.4 Å². The molecule has 126 valence electrons. The Morgan fingerprint density at radius 2 is 2.04 bits per heavy atom. The lowest BCUT2D eigenvalue weighted by Gasteiger charge is -2.11. The summed E-state index contributed by atoms with van der Waals surface area (Å²) in [5.41, 5.74) is -0.726. The summed E-state index contributed by atoms with van der Waals surface area (Å²) >= 11 is 0. The minimum absolute atomic E-state index is 0.109. The van der Waals surface area contributed by atoms with Crippen molar-refractivity contribution in [2.24, 2.45) is 5.92 Å². The van der Waals surface area contributed by atoms with Gasteiger partial charge in [-0.1, -0.05) is 19.1 Å². The molecule has 2 rings (SSSR count). The van der Waals surface area contributed by atoms with Crippen LogP contribution in [0.1, 0.15) is 24.5 Å². The van der Waals surface area contributed by atoms with Crippen molar-refractivity contribution in [3.63, 3.8) is 0 Å². The standard InChI is InChI=1S/C9H7F3O3.C5H7NO2/c10-9(11,12)7-3-1-2-6(4-7)5-15-8(13)14;1-3-2-4(7)6-5(3)8/h1-4H,5H2,(H,13,14);3H,2H2,1H3,(H,6,7,8)/p-1. The van der Waals surface area contributed by atoms with Crippen molar-refractivity contribution in [3.05, 3.63) is 35.4 Å². The molecular formula is C14H13F3NO5-. The maximum Gasteiger partial charge on any atom is 0.416 e. The zero-order valence-electron chi connectivity index (χ0n) is 12.0. The number of carbonyl (C=O) groups excluding carboxylic acids is 3. The lowest BCUT2D eigenvalue weighted by Crippen LogP contribution is -2.23. The molecule has 1 aromatic rings. The largest absolute Gasteiger partial charge is 0.545 e. The molecule has 1 saturated heterocycles. The Hall–Kier alpha value is -2.58. The molecular weight excluding hydrogens is 319 g/mol. The fourth-order valence-electron chi connectivity index (χ4n) is 1.66. The number of alkyl halides is 3. The molecule has 0 aromatic heterocycles. The highest BCUT2D eigenvalue weighted by Gasteiger charge is 2.30. The first kappa shape index (κ1) is 18.5. The number of ether oxygens (including phenoxy) is 1. The van der Waals surface area contributed by atoms with Crippen molar-refractivity contribution in [3.8, 4) is 0 Å². The normalized spacial score (nSPS) is 17.1. The number of carboxylic acid groups (broad SMARTS) is 1. The van der Waals surface area contributed by atoms with Crippen LogP contribution in [-0.4, -0.2) is 18.0 Å². The van der Waals surface area contributed by atoms with Crippen LogP contribution in [0.15, 0.2) is 24.3 Å². The Labute approximate surface area is 129 Å². The molecule has 1 aliphatic rings. The quantitative estimate of drug-likeness (QED) is 0.649. The third-order valence-electron chi connectivity index (χ3n) is 2.81. The van der Waals surface area contributed by atoms with Crippen molar-refractivity contribution in [2.75, 3.05) is 0 Å². The van der Waals surface area contributed by atoms with Gasteiger partial charge < -0.3 is 14.6 Å². The molecule has 1 aromatic carbocycles. The van der Waals surface area contributed by atoms with Gasteiger partial charge in [0.25, 0.3) is 6.16 Å². The van der Waals surface area contributed by atoms with Gasteiger partial charge in [-0.2, -0.15) is 13.2 Å². The second kappa shape index (κ2) is 7.61. The number of halogens is 3. The molecule has 0 saturated carbocycles. The maximum absolute atomic E-state index is 12.2. The van der Waals surface area contributed by atoms with Crippen molar-refractivity contribution < 1.29 is 37.4 Å². The van der Waals surface area contributed by atoms with Gasteiger partial charge >= 0.3 is 6.18 Å². The average molecular weight is 332 g/mol. The van der Waals surface area contributed by atoms with Gasteiger partial charge in [0.15, 0.2) is 0 Å². The van der Waals surface area contributed by atoms with E-state index in [0.29, 0.717) is 6.42 Å². The minimum atomic E-state index is -4.45. The Morgan fingerprint density at radius 3 is 2.43 bits per heavy atom. The highest BCUT2D eigenvalue weighted by atomic mass is 19.4. The number of benzene rings is 1. The van der Waals surface area contributed by atoms with Crippen LogP contribution in [-0.2, 0) is 27.1 Å². The van der Waals surface area contributed by atoms with E-state index >= 15 is 0 Å². The van der Waals surface area contributed by atoms with E-state index in [1.165, 1.54) is 12.1 Å². The molecule has 0 bridgehead atoms. The van der Waals surface area contributed by atoms with Gasteiger partial charge in [0.1, 0.15) is 0 Å². The summed E-state index contributed by atoms with van der Waals surface area (Å²) in [6.07, 6.45) is -5.86. The highest BCUT2D eigenvalue weighted by molar-refractivity contribution is 6.03. The van der Waals surface area contributed by atoms with Gasteiger partial charge in [0.2, 0.25) is 11.8 Å². The third kappa shape index (κ3) is 6.37. The molecule has 23 heavy (non-hydrogen) atoms. The molecule has 0 aliphatic carbocycles. The fraction of sp³-hybridized carbons (Fsp3) is 0.357. The molecule has 6 nitrogen and oxygen atoms in total. The Kier molecular flexibility index (Phi) is 6.11. The minimum Gasteiger partial charge on any atom is -0.545 e. The smallest absolute Gasteiger partial charge is 0.416 e. The van der Waals surface area contributed by atoms with Gasteiger partial charge in [-0.15, -0.1) is 0 Å². The summed E-state index contributed by atoms with van der Waals surface area (Å²) in [6, 6.07) is 4.22. The monoisotopic (exact) mass is 332 g/mol. The SMILES string of the molecule is CC1CC(=O)NC1=O.O=C([O-])OCc1cccc(C(F)(F)F)c1. The van der Waals surface area contributed by atoms with E-state index in [2.05, 4.69) is 10.1 Å². The van der Waals surface area contributed by atoms with E-state index < -0.39 is 24.5 Å². The molecule has 9 heteroatoms. The van der Waals surface area contributed by atoms with Crippen LogP contribution in [0, 0.1) is 5.92 Å². The lowest BCUT2D eigenvalue weighted by atomic mass is 10.1. The third-order valence-corrected chi connectivity index (χ3v) is 2.81. The van der Waals surface area contributed by atoms with Crippen molar-refractivity contribution in [1.82, 2.24) is 5.32 Å². The van der Waals surface area contributed by atoms with E-state index in [4.69, 9.17) is 0 Å². The number of rotatable bonds is 2. The summed E-state index contributed by atoms with van der Waals surface area (Å²) in [6.45, 7) is 1.28. The van der Waals surface area contributed by atoms with Crippen LogP contribution in [0.25, 0.3) is 0 Å². The van der Waals surface area contributed by atoms with Crippen LogP contribution >= 0.6 is 0 Å².